The third kappa shape index (κ3) is 2.07. The SMILES string of the molecule is CCC1C(c2ccccc2)=NNc2nc3c(c(=O)n(C)c(=O)n3C)n21. The average molecular weight is 338 g/mol. The molecule has 0 aliphatic carbocycles. The second-order valence-corrected chi connectivity index (χ2v) is 6.08. The van der Waals surface area contributed by atoms with Crippen LogP contribution >= 0.6 is 0 Å². The molecule has 3 heterocycles. The minimum atomic E-state index is -0.398. The molecule has 128 valence electrons. The molecule has 4 rings (SSSR count). The first-order valence-corrected chi connectivity index (χ1v) is 8.11. The Balaban J connectivity index is 2.03. The van der Waals surface area contributed by atoms with Gasteiger partial charge in [0.2, 0.25) is 5.95 Å². The number of hydrogen-bond donors (Lipinski definition) is 1. The van der Waals surface area contributed by atoms with Crippen LogP contribution in [0.5, 0.6) is 0 Å². The van der Waals surface area contributed by atoms with Gasteiger partial charge in [0.25, 0.3) is 5.56 Å². The third-order valence-corrected chi connectivity index (χ3v) is 4.65. The van der Waals surface area contributed by atoms with Gasteiger partial charge in [-0.15, -0.1) is 0 Å². The molecule has 0 saturated carbocycles. The van der Waals surface area contributed by atoms with Crippen LogP contribution in [0, 0.1) is 0 Å². The average Bonchev–Trinajstić information content (AvgIpc) is 3.04. The fourth-order valence-corrected chi connectivity index (χ4v) is 3.35. The molecule has 25 heavy (non-hydrogen) atoms. The van der Waals surface area contributed by atoms with E-state index in [1.165, 1.54) is 11.6 Å². The highest BCUT2D eigenvalue weighted by Crippen LogP contribution is 2.30. The van der Waals surface area contributed by atoms with Crippen molar-refractivity contribution in [3.05, 3.63) is 56.7 Å². The lowest BCUT2D eigenvalue weighted by molar-refractivity contribution is 0.618. The molecule has 3 aromatic rings. The zero-order valence-electron chi connectivity index (χ0n) is 14.2. The van der Waals surface area contributed by atoms with Crippen molar-refractivity contribution in [3.8, 4) is 0 Å². The van der Waals surface area contributed by atoms with Gasteiger partial charge in [0.15, 0.2) is 11.2 Å². The molecule has 1 aliphatic heterocycles. The van der Waals surface area contributed by atoms with Gasteiger partial charge in [-0.05, 0) is 12.0 Å². The van der Waals surface area contributed by atoms with E-state index in [9.17, 15) is 9.59 Å². The maximum Gasteiger partial charge on any atom is 0.332 e. The molecule has 0 amide bonds. The van der Waals surface area contributed by atoms with Crippen molar-refractivity contribution in [1.82, 2.24) is 18.7 Å². The first-order valence-electron chi connectivity index (χ1n) is 8.11. The summed E-state index contributed by atoms with van der Waals surface area (Å²) >= 11 is 0. The minimum Gasteiger partial charge on any atom is -0.294 e. The second-order valence-electron chi connectivity index (χ2n) is 6.08. The standard InChI is InChI=1S/C17H18N6O2/c1-4-11-12(10-8-6-5-7-9-10)19-20-16-18-14-13(23(11)16)15(24)22(3)17(25)21(14)2/h5-9,11H,4H2,1-3H3,(H,18,20). The first kappa shape index (κ1) is 15.4. The molecule has 1 aromatic carbocycles. The summed E-state index contributed by atoms with van der Waals surface area (Å²) < 4.78 is 4.35. The van der Waals surface area contributed by atoms with E-state index in [2.05, 4.69) is 15.5 Å². The number of nitrogens with zero attached hydrogens (tertiary/aromatic N) is 5. The molecular weight excluding hydrogens is 320 g/mol. The monoisotopic (exact) mass is 338 g/mol. The number of aromatic nitrogens is 4. The predicted molar refractivity (Wildman–Crippen MR) is 96.1 cm³/mol. The van der Waals surface area contributed by atoms with E-state index < -0.39 is 5.69 Å². The molecule has 8 heteroatoms. The Morgan fingerprint density at radius 2 is 1.84 bits per heavy atom. The number of anilines is 1. The fraction of sp³-hybridized carbons (Fsp3) is 0.294. The number of aryl methyl sites for hydroxylation is 1. The van der Waals surface area contributed by atoms with Crippen LogP contribution in [0.3, 0.4) is 0 Å². The van der Waals surface area contributed by atoms with Gasteiger partial charge in [-0.2, -0.15) is 10.1 Å². The molecule has 0 saturated heterocycles. The summed E-state index contributed by atoms with van der Waals surface area (Å²) in [4.78, 5) is 29.4. The van der Waals surface area contributed by atoms with Gasteiger partial charge in [-0.25, -0.2) is 10.2 Å². The maximum atomic E-state index is 12.8. The highest BCUT2D eigenvalue weighted by atomic mass is 16.2. The normalized spacial score (nSPS) is 16.4. The van der Waals surface area contributed by atoms with E-state index >= 15 is 0 Å². The number of nitrogens with one attached hydrogen (secondary N) is 1. The van der Waals surface area contributed by atoms with Crippen molar-refractivity contribution < 1.29 is 0 Å². The molecule has 1 aliphatic rings. The van der Waals surface area contributed by atoms with Crippen LogP contribution in [-0.4, -0.2) is 24.4 Å². The smallest absolute Gasteiger partial charge is 0.294 e. The van der Waals surface area contributed by atoms with E-state index in [-0.39, 0.29) is 11.6 Å². The number of imidazole rings is 1. The Labute approximate surface area is 143 Å². The zero-order valence-corrected chi connectivity index (χ0v) is 14.2. The molecule has 0 bridgehead atoms. The van der Waals surface area contributed by atoms with Crippen molar-refractivity contribution in [1.29, 1.82) is 0 Å². The minimum absolute atomic E-state index is 0.145. The number of benzene rings is 1. The van der Waals surface area contributed by atoms with Crippen molar-refractivity contribution in [3.63, 3.8) is 0 Å². The molecule has 0 radical (unpaired) electrons. The first-order chi connectivity index (χ1) is 12.0. The van der Waals surface area contributed by atoms with Crippen LogP contribution in [0.25, 0.3) is 11.2 Å². The van der Waals surface area contributed by atoms with Gasteiger partial charge < -0.3 is 0 Å². The lowest BCUT2D eigenvalue weighted by Crippen LogP contribution is -2.38. The second kappa shape index (κ2) is 5.44. The summed E-state index contributed by atoms with van der Waals surface area (Å²) in [5.41, 5.74) is 4.77. The van der Waals surface area contributed by atoms with Crippen LogP contribution in [0.4, 0.5) is 5.95 Å². The zero-order chi connectivity index (χ0) is 17.7. The molecular formula is C17H18N6O2. The highest BCUT2D eigenvalue weighted by molar-refractivity contribution is 6.05. The Kier molecular flexibility index (Phi) is 3.34. The number of fused-ring (bicyclic) bond motifs is 3. The number of hydrogen-bond acceptors (Lipinski definition) is 5. The summed E-state index contributed by atoms with van der Waals surface area (Å²) in [5, 5.41) is 4.48. The summed E-state index contributed by atoms with van der Waals surface area (Å²) in [5.74, 6) is 0.472. The third-order valence-electron chi connectivity index (χ3n) is 4.65. The van der Waals surface area contributed by atoms with Gasteiger partial charge in [-0.1, -0.05) is 37.3 Å². The molecule has 1 unspecified atom stereocenters. The Morgan fingerprint density at radius 1 is 1.12 bits per heavy atom. The van der Waals surface area contributed by atoms with E-state index in [0.29, 0.717) is 17.1 Å². The summed E-state index contributed by atoms with van der Waals surface area (Å²) in [6.07, 6.45) is 0.736. The van der Waals surface area contributed by atoms with Gasteiger partial charge >= 0.3 is 5.69 Å². The Bertz CT molecular complexity index is 1120. The van der Waals surface area contributed by atoms with Gasteiger partial charge in [0, 0.05) is 14.1 Å². The lowest BCUT2D eigenvalue weighted by Gasteiger charge is -2.25. The van der Waals surface area contributed by atoms with Crippen LogP contribution in [0.2, 0.25) is 0 Å². The van der Waals surface area contributed by atoms with E-state index in [1.54, 1.807) is 7.05 Å². The van der Waals surface area contributed by atoms with Crippen LogP contribution < -0.4 is 16.7 Å². The topological polar surface area (TPSA) is 86.2 Å². The van der Waals surface area contributed by atoms with E-state index in [0.717, 1.165) is 22.3 Å². The molecule has 8 nitrogen and oxygen atoms in total. The number of rotatable bonds is 2. The summed E-state index contributed by atoms with van der Waals surface area (Å²) in [6, 6.07) is 9.69. The van der Waals surface area contributed by atoms with Crippen LogP contribution in [0.15, 0.2) is 45.0 Å². The summed E-state index contributed by atoms with van der Waals surface area (Å²) in [6.45, 7) is 2.04. The van der Waals surface area contributed by atoms with Crippen molar-refractivity contribution >= 4 is 22.8 Å². The van der Waals surface area contributed by atoms with Crippen molar-refractivity contribution in [2.24, 2.45) is 19.2 Å². The predicted octanol–water partition coefficient (Wildman–Crippen LogP) is 1.21. The van der Waals surface area contributed by atoms with E-state index in [1.807, 2.05) is 41.8 Å². The fourth-order valence-electron chi connectivity index (χ4n) is 3.35. The Hall–Kier alpha value is -3.16. The number of hydrazone groups is 1. The summed E-state index contributed by atoms with van der Waals surface area (Å²) in [7, 11) is 3.09. The molecule has 0 fully saturated rings. The molecule has 1 N–H and O–H groups in total. The van der Waals surface area contributed by atoms with Gasteiger partial charge in [0.05, 0.1) is 11.8 Å². The maximum absolute atomic E-state index is 12.8. The molecule has 0 spiro atoms. The van der Waals surface area contributed by atoms with Crippen LogP contribution in [0.1, 0.15) is 24.9 Å². The van der Waals surface area contributed by atoms with Gasteiger partial charge in [-0.3, -0.25) is 18.5 Å². The van der Waals surface area contributed by atoms with Crippen molar-refractivity contribution in [2.45, 2.75) is 19.4 Å². The van der Waals surface area contributed by atoms with Crippen LogP contribution in [-0.2, 0) is 14.1 Å². The largest absolute Gasteiger partial charge is 0.332 e. The quantitative estimate of drug-likeness (QED) is 0.761. The molecule has 1 atom stereocenters. The highest BCUT2D eigenvalue weighted by Gasteiger charge is 2.30. The lowest BCUT2D eigenvalue weighted by atomic mass is 10.0. The van der Waals surface area contributed by atoms with Gasteiger partial charge in [0.1, 0.15) is 0 Å². The Morgan fingerprint density at radius 3 is 2.52 bits per heavy atom. The molecule has 2 aromatic heterocycles. The van der Waals surface area contributed by atoms with E-state index in [4.69, 9.17) is 0 Å². The van der Waals surface area contributed by atoms with Crippen molar-refractivity contribution in [2.75, 3.05) is 5.43 Å².